The van der Waals surface area contributed by atoms with Gasteiger partial charge in [-0.1, -0.05) is 24.3 Å². The van der Waals surface area contributed by atoms with Crippen molar-refractivity contribution in [1.82, 2.24) is 0 Å². The monoisotopic (exact) mass is 287 g/mol. The second kappa shape index (κ2) is 4.94. The minimum atomic E-state index is -3.33. The molecule has 3 rings (SSSR count). The third-order valence-corrected chi connectivity index (χ3v) is 5.42. The van der Waals surface area contributed by atoms with E-state index in [9.17, 15) is 8.42 Å². The maximum atomic E-state index is 12.4. The predicted molar refractivity (Wildman–Crippen MR) is 80.2 cm³/mol. The average Bonchev–Trinajstić information content (AvgIpc) is 2.85. The molecule has 0 saturated carbocycles. The van der Waals surface area contributed by atoms with Gasteiger partial charge in [0.15, 0.2) is 9.84 Å². The Morgan fingerprint density at radius 3 is 2.60 bits per heavy atom. The lowest BCUT2D eigenvalue weighted by Gasteiger charge is -2.07. The normalized spacial score (nSPS) is 14.2. The predicted octanol–water partition coefficient (Wildman–Crippen LogP) is 2.73. The van der Waals surface area contributed by atoms with Gasteiger partial charge >= 0.3 is 0 Å². The Balaban J connectivity index is 1.90. The number of anilines is 1. The lowest BCUT2D eigenvalue weighted by Crippen LogP contribution is -2.06. The van der Waals surface area contributed by atoms with Gasteiger partial charge in [0.2, 0.25) is 0 Å². The van der Waals surface area contributed by atoms with Gasteiger partial charge in [-0.3, -0.25) is 0 Å². The summed E-state index contributed by atoms with van der Waals surface area (Å²) >= 11 is 0. The van der Waals surface area contributed by atoms with Crippen LogP contribution in [0.15, 0.2) is 47.4 Å². The van der Waals surface area contributed by atoms with Crippen LogP contribution in [0.2, 0.25) is 0 Å². The molecule has 0 saturated heterocycles. The number of nitrogens with two attached hydrogens (primary N) is 1. The molecule has 0 radical (unpaired) electrons. The smallest absolute Gasteiger partial charge is 0.182 e. The van der Waals surface area contributed by atoms with Crippen LogP contribution >= 0.6 is 0 Å². The number of rotatable bonds is 3. The van der Waals surface area contributed by atoms with Crippen LogP contribution in [-0.2, 0) is 28.4 Å². The highest BCUT2D eigenvalue weighted by molar-refractivity contribution is 7.90. The summed E-state index contributed by atoms with van der Waals surface area (Å²) in [5, 5.41) is 0. The van der Waals surface area contributed by atoms with E-state index < -0.39 is 9.84 Å². The first-order valence-corrected chi connectivity index (χ1v) is 8.39. The van der Waals surface area contributed by atoms with Crippen molar-refractivity contribution < 1.29 is 8.42 Å². The fourth-order valence-electron chi connectivity index (χ4n) is 2.73. The summed E-state index contributed by atoms with van der Waals surface area (Å²) in [6.07, 6.45) is 3.33. The molecule has 0 unspecified atom stereocenters. The van der Waals surface area contributed by atoms with Crippen LogP contribution in [0.1, 0.15) is 23.1 Å². The fourth-order valence-corrected chi connectivity index (χ4v) is 4.11. The van der Waals surface area contributed by atoms with E-state index in [-0.39, 0.29) is 10.6 Å². The number of hydrogen-bond donors (Lipinski definition) is 1. The molecule has 104 valence electrons. The molecule has 0 amide bonds. The highest BCUT2D eigenvalue weighted by Crippen LogP contribution is 2.25. The SMILES string of the molecule is Nc1cccc(S(=O)(=O)Cc2ccc3c(c2)CCC3)c1. The van der Waals surface area contributed by atoms with Crippen molar-refractivity contribution in [2.24, 2.45) is 0 Å². The average molecular weight is 287 g/mol. The molecule has 0 heterocycles. The van der Waals surface area contributed by atoms with Crippen LogP contribution in [0.3, 0.4) is 0 Å². The Hall–Kier alpha value is -1.81. The summed E-state index contributed by atoms with van der Waals surface area (Å²) in [6, 6.07) is 12.5. The molecule has 0 bridgehead atoms. The number of sulfone groups is 1. The summed E-state index contributed by atoms with van der Waals surface area (Å²) in [7, 11) is -3.33. The number of fused-ring (bicyclic) bond motifs is 1. The molecule has 20 heavy (non-hydrogen) atoms. The quantitative estimate of drug-likeness (QED) is 0.883. The van der Waals surface area contributed by atoms with Crippen LogP contribution in [0.5, 0.6) is 0 Å². The minimum Gasteiger partial charge on any atom is -0.399 e. The van der Waals surface area contributed by atoms with Crippen LogP contribution < -0.4 is 5.73 Å². The van der Waals surface area contributed by atoms with Crippen molar-refractivity contribution in [3.63, 3.8) is 0 Å². The Morgan fingerprint density at radius 2 is 1.80 bits per heavy atom. The van der Waals surface area contributed by atoms with Gasteiger partial charge in [0.05, 0.1) is 10.6 Å². The van der Waals surface area contributed by atoms with Crippen molar-refractivity contribution in [3.05, 3.63) is 59.2 Å². The van der Waals surface area contributed by atoms with E-state index >= 15 is 0 Å². The number of aryl methyl sites for hydroxylation is 2. The summed E-state index contributed by atoms with van der Waals surface area (Å²) < 4.78 is 24.8. The van der Waals surface area contributed by atoms with Crippen molar-refractivity contribution in [1.29, 1.82) is 0 Å². The van der Waals surface area contributed by atoms with E-state index in [0.717, 1.165) is 18.4 Å². The maximum absolute atomic E-state index is 12.4. The van der Waals surface area contributed by atoms with E-state index in [0.29, 0.717) is 5.69 Å². The molecule has 1 aliphatic rings. The van der Waals surface area contributed by atoms with Gasteiger partial charge < -0.3 is 5.73 Å². The van der Waals surface area contributed by atoms with E-state index in [1.54, 1.807) is 18.2 Å². The van der Waals surface area contributed by atoms with Crippen LogP contribution in [0.4, 0.5) is 5.69 Å². The Bertz CT molecular complexity index is 751. The topological polar surface area (TPSA) is 60.2 Å². The molecule has 0 fully saturated rings. The summed E-state index contributed by atoms with van der Waals surface area (Å²) in [6.45, 7) is 0. The molecule has 0 aromatic heterocycles. The van der Waals surface area contributed by atoms with Gasteiger partial charge in [-0.05, 0) is 54.2 Å². The van der Waals surface area contributed by atoms with Crippen molar-refractivity contribution in [2.45, 2.75) is 29.9 Å². The van der Waals surface area contributed by atoms with Gasteiger partial charge in [-0.15, -0.1) is 0 Å². The first kappa shape index (κ1) is 13.2. The van der Waals surface area contributed by atoms with Gasteiger partial charge in [-0.25, -0.2) is 8.42 Å². The van der Waals surface area contributed by atoms with E-state index in [2.05, 4.69) is 6.07 Å². The van der Waals surface area contributed by atoms with Gasteiger partial charge in [0.1, 0.15) is 0 Å². The second-order valence-electron chi connectivity index (χ2n) is 5.29. The van der Waals surface area contributed by atoms with E-state index in [1.165, 1.54) is 23.6 Å². The third kappa shape index (κ3) is 2.56. The standard InChI is InChI=1S/C16H17NO2S/c17-15-5-2-6-16(10-15)20(18,19)11-12-7-8-13-3-1-4-14(13)9-12/h2,5-10H,1,3-4,11,17H2. The summed E-state index contributed by atoms with van der Waals surface area (Å²) in [5.41, 5.74) is 9.64. The van der Waals surface area contributed by atoms with E-state index in [1.807, 2.05) is 12.1 Å². The molecule has 1 aliphatic carbocycles. The highest BCUT2D eigenvalue weighted by atomic mass is 32.2. The van der Waals surface area contributed by atoms with Gasteiger partial charge in [-0.2, -0.15) is 0 Å². The van der Waals surface area contributed by atoms with Crippen LogP contribution in [0.25, 0.3) is 0 Å². The summed E-state index contributed by atoms with van der Waals surface area (Å²) in [4.78, 5) is 0.290. The first-order valence-electron chi connectivity index (χ1n) is 6.73. The zero-order valence-corrected chi connectivity index (χ0v) is 12.0. The third-order valence-electron chi connectivity index (χ3n) is 3.74. The molecule has 0 atom stereocenters. The minimum absolute atomic E-state index is 0.0315. The zero-order valence-electron chi connectivity index (χ0n) is 11.2. The molecular weight excluding hydrogens is 270 g/mol. The summed E-state index contributed by atoms with van der Waals surface area (Å²) in [5.74, 6) is 0.0315. The van der Waals surface area contributed by atoms with E-state index in [4.69, 9.17) is 5.73 Å². The Labute approximate surface area is 119 Å². The lowest BCUT2D eigenvalue weighted by atomic mass is 10.1. The maximum Gasteiger partial charge on any atom is 0.182 e. The molecule has 0 aliphatic heterocycles. The number of benzene rings is 2. The van der Waals surface area contributed by atoms with Gasteiger partial charge in [0.25, 0.3) is 0 Å². The molecule has 3 nitrogen and oxygen atoms in total. The molecule has 2 N–H and O–H groups in total. The molecule has 4 heteroatoms. The Kier molecular flexibility index (Phi) is 3.26. The van der Waals surface area contributed by atoms with Crippen LogP contribution in [-0.4, -0.2) is 8.42 Å². The second-order valence-corrected chi connectivity index (χ2v) is 7.28. The number of nitrogen functional groups attached to an aromatic ring is 1. The zero-order chi connectivity index (χ0) is 14.2. The van der Waals surface area contributed by atoms with Crippen molar-refractivity contribution in [2.75, 3.05) is 5.73 Å². The molecule has 0 spiro atoms. The fraction of sp³-hybridized carbons (Fsp3) is 0.250. The number of hydrogen-bond acceptors (Lipinski definition) is 3. The first-order chi connectivity index (χ1) is 9.54. The molecular formula is C16H17NO2S. The van der Waals surface area contributed by atoms with Crippen LogP contribution in [0, 0.1) is 0 Å². The van der Waals surface area contributed by atoms with Crippen molar-refractivity contribution in [3.8, 4) is 0 Å². The highest BCUT2D eigenvalue weighted by Gasteiger charge is 2.17. The lowest BCUT2D eigenvalue weighted by molar-refractivity contribution is 0.595. The molecule has 2 aromatic rings. The molecule has 2 aromatic carbocycles. The van der Waals surface area contributed by atoms with Crippen molar-refractivity contribution >= 4 is 15.5 Å². The largest absolute Gasteiger partial charge is 0.399 e. The van der Waals surface area contributed by atoms with Gasteiger partial charge in [0, 0.05) is 5.69 Å². The Morgan fingerprint density at radius 1 is 1.00 bits per heavy atom.